The van der Waals surface area contributed by atoms with Crippen molar-refractivity contribution in [3.63, 3.8) is 0 Å². The van der Waals surface area contributed by atoms with Crippen LogP contribution in [0.5, 0.6) is 0 Å². The molecule has 0 saturated heterocycles. The quantitative estimate of drug-likeness (QED) is 0.443. The first kappa shape index (κ1) is 21.1. The lowest BCUT2D eigenvalue weighted by Crippen LogP contribution is -2.22. The number of nitrogens with one attached hydrogen (secondary N) is 1. The van der Waals surface area contributed by atoms with E-state index < -0.39 is 17.6 Å². The highest BCUT2D eigenvalue weighted by Crippen LogP contribution is 2.39. The number of amides is 2. The average Bonchev–Trinajstić information content (AvgIpc) is 3.18. The zero-order chi connectivity index (χ0) is 22.9. The number of anilines is 1. The van der Waals surface area contributed by atoms with Gasteiger partial charge in [0, 0.05) is 16.0 Å². The van der Waals surface area contributed by atoms with Crippen molar-refractivity contribution in [2.24, 2.45) is 10.7 Å². The molecule has 0 spiro atoms. The zero-order valence-corrected chi connectivity index (χ0v) is 18.4. The summed E-state index contributed by atoms with van der Waals surface area (Å²) in [5, 5.41) is 3.92. The monoisotopic (exact) mass is 461 g/mol. The van der Waals surface area contributed by atoms with Gasteiger partial charge in [0.25, 0.3) is 11.8 Å². The molecule has 0 fully saturated rings. The minimum atomic E-state index is -0.536. The number of nitrogens with two attached hydrogens (primary N) is 1. The number of hydrogen-bond donors (Lipinski definition) is 2. The van der Waals surface area contributed by atoms with Gasteiger partial charge in [0.05, 0.1) is 5.56 Å². The van der Waals surface area contributed by atoms with E-state index in [1.165, 1.54) is 35.6 Å². The molecule has 8 heteroatoms. The van der Waals surface area contributed by atoms with Gasteiger partial charge in [0.2, 0.25) is 5.55 Å². The van der Waals surface area contributed by atoms with Crippen LogP contribution in [0.15, 0.2) is 64.0 Å². The van der Waals surface area contributed by atoms with E-state index in [1.807, 2.05) is 18.2 Å². The Morgan fingerprint density at radius 3 is 2.61 bits per heavy atom. The van der Waals surface area contributed by atoms with E-state index in [4.69, 9.17) is 10.2 Å². The minimum Gasteiger partial charge on any atom is -0.437 e. The molecule has 2 aromatic carbocycles. The van der Waals surface area contributed by atoms with Crippen LogP contribution in [0.25, 0.3) is 11.0 Å². The van der Waals surface area contributed by atoms with Crippen LogP contribution in [0.3, 0.4) is 0 Å². The first-order valence-electron chi connectivity index (χ1n) is 10.6. The SMILES string of the molecule is NC(=O)c1c(N=c2oc3ccccc3cc2C(=O)Nc2ccc(F)cc2)sc2c1CCCC2. The fourth-order valence-corrected chi connectivity index (χ4v) is 5.28. The molecule has 2 amide bonds. The fourth-order valence-electron chi connectivity index (χ4n) is 4.02. The van der Waals surface area contributed by atoms with Gasteiger partial charge in [-0.15, -0.1) is 11.3 Å². The molecule has 0 aliphatic heterocycles. The van der Waals surface area contributed by atoms with Gasteiger partial charge in [0.1, 0.15) is 22.0 Å². The second-order valence-corrected chi connectivity index (χ2v) is 8.91. The number of aryl methyl sites for hydroxylation is 1. The molecule has 2 heterocycles. The maximum atomic E-state index is 13.2. The molecule has 6 nitrogen and oxygen atoms in total. The smallest absolute Gasteiger partial charge is 0.261 e. The predicted octanol–water partition coefficient (Wildman–Crippen LogP) is 5.10. The lowest BCUT2D eigenvalue weighted by Gasteiger charge is -2.10. The van der Waals surface area contributed by atoms with Crippen LogP contribution >= 0.6 is 11.3 Å². The Bertz CT molecular complexity index is 1450. The van der Waals surface area contributed by atoms with Crippen LogP contribution in [0, 0.1) is 5.82 Å². The Hall–Kier alpha value is -3.78. The lowest BCUT2D eigenvalue weighted by molar-refractivity contribution is 0.0997. The fraction of sp³-hybridized carbons (Fsp3) is 0.160. The number of benzene rings is 2. The molecule has 33 heavy (non-hydrogen) atoms. The average molecular weight is 462 g/mol. The Labute approximate surface area is 192 Å². The summed E-state index contributed by atoms with van der Waals surface area (Å²) >= 11 is 1.42. The molecular formula is C25H20FN3O3S. The topological polar surface area (TPSA) is 97.7 Å². The highest BCUT2D eigenvalue weighted by Gasteiger charge is 2.24. The third-order valence-corrected chi connectivity index (χ3v) is 6.79. The van der Waals surface area contributed by atoms with E-state index in [0.29, 0.717) is 21.8 Å². The standard InChI is InChI=1S/C25H20FN3O3S/c26-15-9-11-16(12-10-15)28-23(31)18-13-14-5-1-3-7-19(14)32-24(18)29-25-21(22(27)30)17-6-2-4-8-20(17)33-25/h1,3,5,7,9-13H,2,4,6,8H2,(H2,27,30)(H,28,31). The van der Waals surface area contributed by atoms with E-state index >= 15 is 0 Å². The number of para-hydroxylation sites is 1. The Morgan fingerprint density at radius 1 is 1.06 bits per heavy atom. The Morgan fingerprint density at radius 2 is 1.82 bits per heavy atom. The molecule has 4 aromatic rings. The molecular weight excluding hydrogens is 441 g/mol. The van der Waals surface area contributed by atoms with Gasteiger partial charge in [0.15, 0.2) is 0 Å². The van der Waals surface area contributed by atoms with Crippen LogP contribution in [-0.2, 0) is 12.8 Å². The van der Waals surface area contributed by atoms with Crippen LogP contribution in [-0.4, -0.2) is 11.8 Å². The van der Waals surface area contributed by atoms with Crippen molar-refractivity contribution in [1.29, 1.82) is 0 Å². The van der Waals surface area contributed by atoms with Crippen molar-refractivity contribution in [3.05, 3.63) is 87.5 Å². The number of rotatable bonds is 4. The summed E-state index contributed by atoms with van der Waals surface area (Å²) in [7, 11) is 0. The zero-order valence-electron chi connectivity index (χ0n) is 17.6. The van der Waals surface area contributed by atoms with Crippen LogP contribution in [0.4, 0.5) is 15.1 Å². The molecule has 0 saturated carbocycles. The van der Waals surface area contributed by atoms with Crippen molar-refractivity contribution in [2.45, 2.75) is 25.7 Å². The lowest BCUT2D eigenvalue weighted by atomic mass is 9.95. The highest BCUT2D eigenvalue weighted by atomic mass is 32.1. The number of halogens is 1. The summed E-state index contributed by atoms with van der Waals surface area (Å²) in [5.41, 5.74) is 8.33. The number of hydrogen-bond acceptors (Lipinski definition) is 5. The first-order chi connectivity index (χ1) is 16.0. The van der Waals surface area contributed by atoms with Gasteiger partial charge in [-0.25, -0.2) is 9.38 Å². The predicted molar refractivity (Wildman–Crippen MR) is 125 cm³/mol. The van der Waals surface area contributed by atoms with Crippen molar-refractivity contribution in [2.75, 3.05) is 5.32 Å². The summed E-state index contributed by atoms with van der Waals surface area (Å²) < 4.78 is 19.3. The van der Waals surface area contributed by atoms with E-state index in [1.54, 1.807) is 12.1 Å². The molecule has 166 valence electrons. The van der Waals surface area contributed by atoms with Crippen LogP contribution in [0.1, 0.15) is 44.0 Å². The largest absolute Gasteiger partial charge is 0.437 e. The number of primary amides is 1. The molecule has 0 radical (unpaired) electrons. The maximum absolute atomic E-state index is 13.2. The molecule has 0 bridgehead atoms. The first-order valence-corrected chi connectivity index (χ1v) is 11.4. The van der Waals surface area contributed by atoms with Crippen molar-refractivity contribution >= 4 is 44.8 Å². The number of carbonyl (C=O) groups excluding carboxylic acids is 2. The minimum absolute atomic E-state index is 0.0782. The normalized spacial score (nSPS) is 13.7. The molecule has 1 aliphatic carbocycles. The summed E-state index contributed by atoms with van der Waals surface area (Å²) in [6, 6.07) is 14.4. The molecule has 5 rings (SSSR count). The van der Waals surface area contributed by atoms with Crippen molar-refractivity contribution in [3.8, 4) is 0 Å². The number of nitrogens with zero attached hydrogens (tertiary/aromatic N) is 1. The van der Waals surface area contributed by atoms with Crippen LogP contribution < -0.4 is 16.6 Å². The van der Waals surface area contributed by atoms with Crippen molar-refractivity contribution in [1.82, 2.24) is 0 Å². The summed E-state index contributed by atoms with van der Waals surface area (Å²) in [5.74, 6) is -1.40. The number of thiophene rings is 1. The Balaban J connectivity index is 1.67. The summed E-state index contributed by atoms with van der Waals surface area (Å²) in [6.45, 7) is 0. The summed E-state index contributed by atoms with van der Waals surface area (Å²) in [6.07, 6.45) is 3.71. The van der Waals surface area contributed by atoms with Gasteiger partial charge >= 0.3 is 0 Å². The molecule has 3 N–H and O–H groups in total. The maximum Gasteiger partial charge on any atom is 0.261 e. The third kappa shape index (κ3) is 4.17. The molecule has 2 aromatic heterocycles. The van der Waals surface area contributed by atoms with Crippen molar-refractivity contribution < 1.29 is 18.4 Å². The number of carbonyl (C=O) groups is 2. The van der Waals surface area contributed by atoms with E-state index in [0.717, 1.165) is 41.5 Å². The van der Waals surface area contributed by atoms with Crippen LogP contribution in [0.2, 0.25) is 0 Å². The third-order valence-electron chi connectivity index (χ3n) is 5.60. The van der Waals surface area contributed by atoms with E-state index in [9.17, 15) is 14.0 Å². The number of fused-ring (bicyclic) bond motifs is 2. The molecule has 0 unspecified atom stereocenters. The molecule has 1 aliphatic rings. The Kier molecular flexibility index (Phi) is 5.51. The molecule has 0 atom stereocenters. The van der Waals surface area contributed by atoms with Gasteiger partial charge in [-0.05, 0) is 67.6 Å². The van der Waals surface area contributed by atoms with E-state index in [2.05, 4.69) is 10.3 Å². The van der Waals surface area contributed by atoms with E-state index in [-0.39, 0.29) is 11.1 Å². The highest BCUT2D eigenvalue weighted by molar-refractivity contribution is 7.16. The van der Waals surface area contributed by atoms with Gasteiger partial charge in [-0.2, -0.15) is 0 Å². The van der Waals surface area contributed by atoms with Gasteiger partial charge < -0.3 is 15.5 Å². The second kappa shape index (κ2) is 8.63. The summed E-state index contributed by atoms with van der Waals surface area (Å²) in [4.78, 5) is 31.2. The second-order valence-electron chi connectivity index (χ2n) is 7.83. The van der Waals surface area contributed by atoms with Gasteiger partial charge in [-0.3, -0.25) is 9.59 Å². The van der Waals surface area contributed by atoms with Gasteiger partial charge in [-0.1, -0.05) is 18.2 Å².